The van der Waals surface area contributed by atoms with Crippen LogP contribution in [0.5, 0.6) is 5.75 Å². The van der Waals surface area contributed by atoms with Gasteiger partial charge in [-0.3, -0.25) is 4.68 Å². The molecule has 1 N–H and O–H groups in total. The van der Waals surface area contributed by atoms with Crippen molar-refractivity contribution < 1.29 is 9.94 Å². The third kappa shape index (κ3) is 3.84. The van der Waals surface area contributed by atoms with Gasteiger partial charge in [0.15, 0.2) is 0 Å². The van der Waals surface area contributed by atoms with Gasteiger partial charge in [-0.1, -0.05) is 24.2 Å². The van der Waals surface area contributed by atoms with Crippen LogP contribution in [-0.4, -0.2) is 20.7 Å². The summed E-state index contributed by atoms with van der Waals surface area (Å²) in [6, 6.07) is 9.83. The Morgan fingerprint density at radius 2 is 2.24 bits per heavy atom. The van der Waals surface area contributed by atoms with E-state index in [1.165, 1.54) is 0 Å². The molecule has 21 heavy (non-hydrogen) atoms. The van der Waals surface area contributed by atoms with Gasteiger partial charge in [0.05, 0.1) is 11.4 Å². The van der Waals surface area contributed by atoms with Gasteiger partial charge in [0, 0.05) is 17.8 Å². The fourth-order valence-corrected chi connectivity index (χ4v) is 1.91. The fourth-order valence-electron chi connectivity index (χ4n) is 1.91. The molecule has 1 aromatic carbocycles. The van der Waals surface area contributed by atoms with E-state index in [2.05, 4.69) is 24.1 Å². The first kappa shape index (κ1) is 15.1. The second-order valence-electron chi connectivity index (χ2n) is 5.05. The molecule has 0 saturated heterocycles. The van der Waals surface area contributed by atoms with Crippen LogP contribution >= 0.6 is 0 Å². The van der Waals surface area contributed by atoms with Crippen LogP contribution in [-0.2, 0) is 6.61 Å². The van der Waals surface area contributed by atoms with E-state index in [-0.39, 0.29) is 0 Å². The van der Waals surface area contributed by atoms with Crippen LogP contribution in [0.4, 0.5) is 0 Å². The number of aromatic nitrogens is 2. The Hall–Kier alpha value is -2.30. The average molecular weight is 287 g/mol. The highest BCUT2D eigenvalue weighted by Crippen LogP contribution is 2.16. The normalized spacial score (nSPS) is 13.2. The van der Waals surface area contributed by atoms with Crippen LogP contribution in [0.1, 0.15) is 44.5 Å². The molecule has 0 fully saturated rings. The zero-order valence-corrected chi connectivity index (χ0v) is 12.7. The molecule has 0 aliphatic carbocycles. The molecule has 0 aliphatic rings. The predicted molar refractivity (Wildman–Crippen MR) is 82.0 cm³/mol. The number of rotatable bonds is 6. The smallest absolute Gasteiger partial charge is 0.132 e. The summed E-state index contributed by atoms with van der Waals surface area (Å²) in [5.74, 6) is 0.730. The predicted octanol–water partition coefficient (Wildman–Crippen LogP) is 3.63. The SMILES string of the molecule is CCC(C)n1ccc(COc2cccc(C(C)=NO)c2)n1. The third-order valence-electron chi connectivity index (χ3n) is 3.49. The van der Waals surface area contributed by atoms with E-state index >= 15 is 0 Å². The summed E-state index contributed by atoms with van der Waals surface area (Å²) in [4.78, 5) is 0. The molecule has 5 nitrogen and oxygen atoms in total. The minimum atomic E-state index is 0.394. The van der Waals surface area contributed by atoms with Crippen molar-refractivity contribution in [3.8, 4) is 5.75 Å². The molecule has 1 atom stereocenters. The van der Waals surface area contributed by atoms with E-state index in [1.54, 1.807) is 6.92 Å². The third-order valence-corrected chi connectivity index (χ3v) is 3.49. The van der Waals surface area contributed by atoms with Gasteiger partial charge in [0.2, 0.25) is 0 Å². The lowest BCUT2D eigenvalue weighted by Crippen LogP contribution is -2.06. The summed E-state index contributed by atoms with van der Waals surface area (Å²) in [5, 5.41) is 16.5. The Morgan fingerprint density at radius 3 is 2.95 bits per heavy atom. The van der Waals surface area contributed by atoms with Crippen molar-refractivity contribution in [1.82, 2.24) is 9.78 Å². The molecular formula is C16H21N3O2. The zero-order valence-electron chi connectivity index (χ0n) is 12.7. The monoisotopic (exact) mass is 287 g/mol. The molecule has 0 spiro atoms. The van der Waals surface area contributed by atoms with Crippen molar-refractivity contribution in [3.63, 3.8) is 0 Å². The summed E-state index contributed by atoms with van der Waals surface area (Å²) in [6.45, 7) is 6.44. The fraction of sp³-hybridized carbons (Fsp3) is 0.375. The number of hydrogen-bond acceptors (Lipinski definition) is 4. The molecule has 0 saturated carbocycles. The quantitative estimate of drug-likeness (QED) is 0.501. The van der Waals surface area contributed by atoms with Crippen molar-refractivity contribution in [2.45, 2.75) is 39.8 Å². The first-order chi connectivity index (χ1) is 10.1. The minimum Gasteiger partial charge on any atom is -0.487 e. The van der Waals surface area contributed by atoms with Crippen molar-refractivity contribution in [3.05, 3.63) is 47.8 Å². The number of oxime groups is 1. The highest BCUT2D eigenvalue weighted by Gasteiger charge is 2.06. The molecule has 1 unspecified atom stereocenters. The number of ether oxygens (including phenoxy) is 1. The maximum atomic E-state index is 8.80. The molecule has 5 heteroatoms. The van der Waals surface area contributed by atoms with Gasteiger partial charge in [0.25, 0.3) is 0 Å². The van der Waals surface area contributed by atoms with Crippen LogP contribution in [0.15, 0.2) is 41.7 Å². The van der Waals surface area contributed by atoms with E-state index in [0.717, 1.165) is 23.4 Å². The topological polar surface area (TPSA) is 59.6 Å². The first-order valence-corrected chi connectivity index (χ1v) is 7.10. The van der Waals surface area contributed by atoms with Gasteiger partial charge in [0.1, 0.15) is 12.4 Å². The summed E-state index contributed by atoms with van der Waals surface area (Å²) in [7, 11) is 0. The Bertz CT molecular complexity index is 619. The molecule has 0 bridgehead atoms. The van der Waals surface area contributed by atoms with E-state index in [9.17, 15) is 0 Å². The Kier molecular flexibility index (Phi) is 4.98. The Morgan fingerprint density at radius 1 is 1.43 bits per heavy atom. The van der Waals surface area contributed by atoms with Crippen molar-refractivity contribution in [1.29, 1.82) is 0 Å². The molecule has 0 radical (unpaired) electrons. The molecule has 2 aromatic rings. The highest BCUT2D eigenvalue weighted by atomic mass is 16.5. The molecule has 0 amide bonds. The van der Waals surface area contributed by atoms with Gasteiger partial charge in [-0.05, 0) is 38.5 Å². The second-order valence-corrected chi connectivity index (χ2v) is 5.05. The molecule has 2 rings (SSSR count). The maximum Gasteiger partial charge on any atom is 0.132 e. The van der Waals surface area contributed by atoms with Gasteiger partial charge < -0.3 is 9.94 Å². The summed E-state index contributed by atoms with van der Waals surface area (Å²) in [5.41, 5.74) is 2.29. The van der Waals surface area contributed by atoms with E-state index in [0.29, 0.717) is 18.4 Å². The number of nitrogens with zero attached hydrogens (tertiary/aromatic N) is 3. The van der Waals surface area contributed by atoms with Crippen LogP contribution < -0.4 is 4.74 Å². The van der Waals surface area contributed by atoms with E-state index in [4.69, 9.17) is 9.94 Å². The van der Waals surface area contributed by atoms with Crippen LogP contribution in [0.3, 0.4) is 0 Å². The number of hydrogen-bond donors (Lipinski definition) is 1. The second kappa shape index (κ2) is 6.92. The molecule has 1 heterocycles. The largest absolute Gasteiger partial charge is 0.487 e. The lowest BCUT2D eigenvalue weighted by atomic mass is 10.1. The molecule has 112 valence electrons. The van der Waals surface area contributed by atoms with E-state index < -0.39 is 0 Å². The van der Waals surface area contributed by atoms with E-state index in [1.807, 2.05) is 41.2 Å². The first-order valence-electron chi connectivity index (χ1n) is 7.10. The molecule has 0 aliphatic heterocycles. The minimum absolute atomic E-state index is 0.394. The highest BCUT2D eigenvalue weighted by molar-refractivity contribution is 5.98. The van der Waals surface area contributed by atoms with Crippen molar-refractivity contribution in [2.24, 2.45) is 5.16 Å². The average Bonchev–Trinajstić information content (AvgIpc) is 3.00. The summed E-state index contributed by atoms with van der Waals surface area (Å²) >= 11 is 0. The summed E-state index contributed by atoms with van der Waals surface area (Å²) < 4.78 is 7.70. The van der Waals surface area contributed by atoms with Gasteiger partial charge in [-0.2, -0.15) is 5.10 Å². The standard InChI is InChI=1S/C16H21N3O2/c1-4-12(2)19-9-8-15(17-19)11-21-16-7-5-6-14(10-16)13(3)18-20/h5-10,12,20H,4,11H2,1-3H3. The Labute approximate surface area is 124 Å². The lowest BCUT2D eigenvalue weighted by Gasteiger charge is -2.09. The van der Waals surface area contributed by atoms with Crippen molar-refractivity contribution >= 4 is 5.71 Å². The van der Waals surface area contributed by atoms with Gasteiger partial charge in [-0.25, -0.2) is 0 Å². The number of benzene rings is 1. The van der Waals surface area contributed by atoms with Crippen molar-refractivity contribution in [2.75, 3.05) is 0 Å². The van der Waals surface area contributed by atoms with Gasteiger partial charge >= 0.3 is 0 Å². The molecular weight excluding hydrogens is 266 g/mol. The lowest BCUT2D eigenvalue weighted by molar-refractivity contribution is 0.298. The molecule has 1 aromatic heterocycles. The summed E-state index contributed by atoms with van der Waals surface area (Å²) in [6.07, 6.45) is 3.02. The van der Waals surface area contributed by atoms with Crippen LogP contribution in [0, 0.1) is 0 Å². The zero-order chi connectivity index (χ0) is 15.2. The van der Waals surface area contributed by atoms with Gasteiger partial charge in [-0.15, -0.1) is 0 Å². The van der Waals surface area contributed by atoms with Crippen LogP contribution in [0.25, 0.3) is 0 Å². The maximum absolute atomic E-state index is 8.80. The Balaban J connectivity index is 2.01. The van der Waals surface area contributed by atoms with Crippen LogP contribution in [0.2, 0.25) is 0 Å².